The summed E-state index contributed by atoms with van der Waals surface area (Å²) in [5.41, 5.74) is 0.905. The van der Waals surface area contributed by atoms with Crippen LogP contribution in [-0.2, 0) is 11.2 Å². The molecule has 0 aliphatic heterocycles. The highest BCUT2D eigenvalue weighted by Gasteiger charge is 2.16. The molecule has 78 valence electrons. The van der Waals surface area contributed by atoms with E-state index in [-0.39, 0.29) is 11.0 Å². The first-order valence-corrected chi connectivity index (χ1v) is 5.69. The minimum Gasteiger partial charge on any atom is -0.299 e. The lowest BCUT2D eigenvalue weighted by Gasteiger charge is -2.09. The monoisotopic (exact) mass is 239 g/mol. The SMILES string of the molecule is CC(=O)[C@@H](Cc1ccccc1Cl)SC#N. The van der Waals surface area contributed by atoms with E-state index in [1.54, 1.807) is 6.07 Å². The van der Waals surface area contributed by atoms with Crippen LogP contribution >= 0.6 is 23.4 Å². The summed E-state index contributed by atoms with van der Waals surface area (Å²) >= 11 is 6.96. The summed E-state index contributed by atoms with van der Waals surface area (Å²) in [4.78, 5) is 11.2. The summed E-state index contributed by atoms with van der Waals surface area (Å²) in [6, 6.07) is 7.36. The largest absolute Gasteiger partial charge is 0.299 e. The fraction of sp³-hybridized carbons (Fsp3) is 0.273. The number of nitrogens with zero attached hydrogens (tertiary/aromatic N) is 1. The maximum absolute atomic E-state index is 11.2. The lowest BCUT2D eigenvalue weighted by molar-refractivity contribution is -0.116. The van der Waals surface area contributed by atoms with Crippen LogP contribution in [-0.4, -0.2) is 11.0 Å². The summed E-state index contributed by atoms with van der Waals surface area (Å²) in [7, 11) is 0. The molecule has 0 spiro atoms. The van der Waals surface area contributed by atoms with Gasteiger partial charge in [-0.05, 0) is 36.7 Å². The topological polar surface area (TPSA) is 40.9 Å². The normalized spacial score (nSPS) is 11.8. The number of nitriles is 1. The van der Waals surface area contributed by atoms with E-state index < -0.39 is 0 Å². The van der Waals surface area contributed by atoms with Gasteiger partial charge in [0.05, 0.1) is 5.25 Å². The van der Waals surface area contributed by atoms with E-state index in [4.69, 9.17) is 16.9 Å². The third-order valence-corrected chi connectivity index (χ3v) is 3.27. The van der Waals surface area contributed by atoms with Gasteiger partial charge in [0.25, 0.3) is 0 Å². The van der Waals surface area contributed by atoms with Gasteiger partial charge in [0.15, 0.2) is 0 Å². The molecule has 4 heteroatoms. The van der Waals surface area contributed by atoms with Crippen molar-refractivity contribution in [1.82, 2.24) is 0 Å². The molecule has 0 N–H and O–H groups in total. The first-order chi connectivity index (χ1) is 7.15. The van der Waals surface area contributed by atoms with Crippen LogP contribution in [0.3, 0.4) is 0 Å². The Labute approximate surface area is 98.2 Å². The number of benzene rings is 1. The smallest absolute Gasteiger partial charge is 0.144 e. The van der Waals surface area contributed by atoms with Gasteiger partial charge in [0.2, 0.25) is 0 Å². The molecule has 0 fully saturated rings. The Bertz CT molecular complexity index is 400. The van der Waals surface area contributed by atoms with Crippen LogP contribution in [0, 0.1) is 10.7 Å². The van der Waals surface area contributed by atoms with E-state index in [1.165, 1.54) is 6.92 Å². The van der Waals surface area contributed by atoms with Gasteiger partial charge in [-0.15, -0.1) is 0 Å². The molecule has 0 unspecified atom stereocenters. The van der Waals surface area contributed by atoms with Gasteiger partial charge in [-0.3, -0.25) is 4.79 Å². The first kappa shape index (κ1) is 12.1. The van der Waals surface area contributed by atoms with Crippen LogP contribution in [0.1, 0.15) is 12.5 Å². The van der Waals surface area contributed by atoms with Gasteiger partial charge in [0, 0.05) is 5.02 Å². The van der Waals surface area contributed by atoms with Crippen molar-refractivity contribution in [3.8, 4) is 5.40 Å². The van der Waals surface area contributed by atoms with E-state index in [0.717, 1.165) is 17.3 Å². The fourth-order valence-corrected chi connectivity index (χ4v) is 1.96. The minimum absolute atomic E-state index is 0.00136. The second kappa shape index (κ2) is 5.79. The highest BCUT2D eigenvalue weighted by Crippen LogP contribution is 2.22. The highest BCUT2D eigenvalue weighted by molar-refractivity contribution is 8.04. The summed E-state index contributed by atoms with van der Waals surface area (Å²) in [6.45, 7) is 1.49. The zero-order valence-corrected chi connectivity index (χ0v) is 9.81. The lowest BCUT2D eigenvalue weighted by Crippen LogP contribution is -2.16. The highest BCUT2D eigenvalue weighted by atomic mass is 35.5. The average molecular weight is 240 g/mol. The summed E-state index contributed by atoms with van der Waals surface area (Å²) in [5.74, 6) is 0.00136. The third-order valence-electron chi connectivity index (χ3n) is 2.01. The van der Waals surface area contributed by atoms with Crippen LogP contribution < -0.4 is 0 Å². The fourth-order valence-electron chi connectivity index (χ4n) is 1.20. The zero-order chi connectivity index (χ0) is 11.3. The van der Waals surface area contributed by atoms with Crippen molar-refractivity contribution < 1.29 is 4.79 Å². The number of Topliss-reactive ketones (excluding diaryl/α,β-unsaturated/α-hetero) is 1. The summed E-state index contributed by atoms with van der Waals surface area (Å²) in [6.07, 6.45) is 0.507. The Morgan fingerprint density at radius 2 is 2.27 bits per heavy atom. The van der Waals surface area contributed by atoms with Crippen molar-refractivity contribution in [2.75, 3.05) is 0 Å². The molecule has 0 saturated heterocycles. The number of carbonyl (C=O) groups is 1. The second-order valence-electron chi connectivity index (χ2n) is 3.10. The molecule has 0 bridgehead atoms. The van der Waals surface area contributed by atoms with Gasteiger partial charge in [-0.2, -0.15) is 5.26 Å². The zero-order valence-electron chi connectivity index (χ0n) is 8.24. The minimum atomic E-state index is -0.324. The van der Waals surface area contributed by atoms with Gasteiger partial charge in [-0.25, -0.2) is 0 Å². The molecule has 0 saturated carbocycles. The number of carbonyl (C=O) groups excluding carboxylic acids is 1. The number of thiocyanates is 1. The average Bonchev–Trinajstić information content (AvgIpc) is 2.20. The molecule has 1 rings (SSSR count). The van der Waals surface area contributed by atoms with Gasteiger partial charge < -0.3 is 0 Å². The van der Waals surface area contributed by atoms with Crippen LogP contribution in [0.25, 0.3) is 0 Å². The Morgan fingerprint density at radius 3 is 2.80 bits per heavy atom. The van der Waals surface area contributed by atoms with Crippen molar-refractivity contribution in [3.63, 3.8) is 0 Å². The molecule has 0 amide bonds. The summed E-state index contributed by atoms with van der Waals surface area (Å²) in [5, 5.41) is 10.8. The molecule has 1 atom stereocenters. The van der Waals surface area contributed by atoms with Gasteiger partial charge in [-0.1, -0.05) is 29.8 Å². The quantitative estimate of drug-likeness (QED) is 0.759. The third kappa shape index (κ3) is 3.58. The van der Waals surface area contributed by atoms with Crippen molar-refractivity contribution in [2.24, 2.45) is 0 Å². The van der Waals surface area contributed by atoms with Crippen LogP contribution in [0.4, 0.5) is 0 Å². The van der Waals surface area contributed by atoms with Crippen LogP contribution in [0.15, 0.2) is 24.3 Å². The standard InChI is InChI=1S/C11H10ClNOS/c1-8(14)11(15-7-13)6-9-4-2-3-5-10(9)12/h2-5,11H,6H2,1H3/t11-/m1/s1. The second-order valence-corrected chi connectivity index (χ2v) is 4.50. The molecule has 0 aliphatic carbocycles. The molecular weight excluding hydrogens is 230 g/mol. The van der Waals surface area contributed by atoms with Gasteiger partial charge >= 0.3 is 0 Å². The van der Waals surface area contributed by atoms with Crippen molar-refractivity contribution in [3.05, 3.63) is 34.9 Å². The molecule has 1 aromatic carbocycles. The molecule has 0 heterocycles. The van der Waals surface area contributed by atoms with E-state index >= 15 is 0 Å². The van der Waals surface area contributed by atoms with E-state index in [0.29, 0.717) is 11.4 Å². The van der Waals surface area contributed by atoms with Crippen molar-refractivity contribution in [2.45, 2.75) is 18.6 Å². The Hall–Kier alpha value is -0.980. The van der Waals surface area contributed by atoms with E-state index in [1.807, 2.05) is 23.6 Å². The van der Waals surface area contributed by atoms with E-state index in [2.05, 4.69) is 0 Å². The van der Waals surface area contributed by atoms with Gasteiger partial charge in [0.1, 0.15) is 11.2 Å². The maximum Gasteiger partial charge on any atom is 0.144 e. The van der Waals surface area contributed by atoms with Crippen LogP contribution in [0.2, 0.25) is 5.02 Å². The maximum atomic E-state index is 11.2. The number of halogens is 1. The van der Waals surface area contributed by atoms with Crippen molar-refractivity contribution in [1.29, 1.82) is 5.26 Å². The lowest BCUT2D eigenvalue weighted by atomic mass is 10.1. The Kier molecular flexibility index (Phi) is 4.67. The Balaban J connectivity index is 2.79. The molecular formula is C11H10ClNOS. The predicted molar refractivity (Wildman–Crippen MR) is 62.8 cm³/mol. The van der Waals surface area contributed by atoms with Crippen LogP contribution in [0.5, 0.6) is 0 Å². The predicted octanol–water partition coefficient (Wildman–Crippen LogP) is 3.05. The molecule has 0 radical (unpaired) electrons. The molecule has 0 aliphatic rings. The molecule has 1 aromatic rings. The number of hydrogen-bond donors (Lipinski definition) is 0. The molecule has 15 heavy (non-hydrogen) atoms. The van der Waals surface area contributed by atoms with E-state index in [9.17, 15) is 4.79 Å². The summed E-state index contributed by atoms with van der Waals surface area (Å²) < 4.78 is 0. The number of rotatable bonds is 4. The first-order valence-electron chi connectivity index (χ1n) is 4.43. The number of thioether (sulfide) groups is 1. The van der Waals surface area contributed by atoms with Crippen molar-refractivity contribution >= 4 is 29.1 Å². The number of hydrogen-bond acceptors (Lipinski definition) is 3. The number of ketones is 1. The molecule has 0 aromatic heterocycles. The Morgan fingerprint density at radius 1 is 1.60 bits per heavy atom. The molecule has 2 nitrogen and oxygen atoms in total.